The third kappa shape index (κ3) is 9.28. The Morgan fingerprint density at radius 1 is 0.905 bits per heavy atom. The highest BCUT2D eigenvalue weighted by atomic mass is 16.5. The van der Waals surface area contributed by atoms with Crippen LogP contribution in [0.4, 0.5) is 0 Å². The molecule has 0 spiro atoms. The van der Waals surface area contributed by atoms with Crippen LogP contribution < -0.4 is 0 Å². The van der Waals surface area contributed by atoms with Crippen LogP contribution in [0.25, 0.3) is 0 Å². The number of hydrogen-bond donors (Lipinski definition) is 0. The Morgan fingerprint density at radius 3 is 2.00 bits per heavy atom. The van der Waals surface area contributed by atoms with Gasteiger partial charge in [-0.3, -0.25) is 0 Å². The molecule has 0 bridgehead atoms. The maximum Gasteiger partial charge on any atom is 0.338 e. The van der Waals surface area contributed by atoms with Crippen LogP contribution in [0, 0.1) is 6.07 Å². The molecule has 0 N–H and O–H groups in total. The molecule has 1 aromatic carbocycles. The largest absolute Gasteiger partial charge is 0.462 e. The monoisotopic (exact) mass is 289 g/mol. The van der Waals surface area contributed by atoms with E-state index in [4.69, 9.17) is 4.74 Å². The quantitative estimate of drug-likeness (QED) is 0.372. The summed E-state index contributed by atoms with van der Waals surface area (Å²) in [6.45, 7) is 2.79. The van der Waals surface area contributed by atoms with Gasteiger partial charge in [-0.2, -0.15) is 0 Å². The SMILES string of the molecule is CCCCCCCCCCCCOC(=O)c1cc[c]cc1. The molecule has 2 heteroatoms. The van der Waals surface area contributed by atoms with Crippen LogP contribution in [-0.2, 0) is 4.74 Å². The van der Waals surface area contributed by atoms with Crippen LogP contribution >= 0.6 is 0 Å². The third-order valence-corrected chi connectivity index (χ3v) is 3.68. The van der Waals surface area contributed by atoms with Gasteiger partial charge in [0.25, 0.3) is 0 Å². The first kappa shape index (κ1) is 17.7. The number of carbonyl (C=O) groups excluding carboxylic acids is 1. The van der Waals surface area contributed by atoms with Crippen LogP contribution in [0.5, 0.6) is 0 Å². The lowest BCUT2D eigenvalue weighted by molar-refractivity contribution is 0.0497. The Balaban J connectivity index is 1.88. The fourth-order valence-corrected chi connectivity index (χ4v) is 2.36. The minimum atomic E-state index is -0.222. The number of hydrogen-bond acceptors (Lipinski definition) is 2. The topological polar surface area (TPSA) is 26.3 Å². The van der Waals surface area contributed by atoms with Gasteiger partial charge in [-0.1, -0.05) is 76.8 Å². The second kappa shape index (κ2) is 12.4. The molecule has 0 atom stereocenters. The lowest BCUT2D eigenvalue weighted by Crippen LogP contribution is -2.06. The fraction of sp³-hybridized carbons (Fsp3) is 0.632. The highest BCUT2D eigenvalue weighted by molar-refractivity contribution is 5.89. The van der Waals surface area contributed by atoms with E-state index in [9.17, 15) is 4.79 Å². The second-order valence-corrected chi connectivity index (χ2v) is 5.61. The van der Waals surface area contributed by atoms with Gasteiger partial charge in [0.15, 0.2) is 0 Å². The lowest BCUT2D eigenvalue weighted by Gasteiger charge is -2.05. The zero-order valence-corrected chi connectivity index (χ0v) is 13.4. The normalized spacial score (nSPS) is 10.5. The molecular formula is C19H29O2. The highest BCUT2D eigenvalue weighted by Crippen LogP contribution is 2.10. The molecule has 0 saturated carbocycles. The van der Waals surface area contributed by atoms with E-state index in [-0.39, 0.29) is 5.97 Å². The van der Waals surface area contributed by atoms with Gasteiger partial charge >= 0.3 is 5.97 Å². The van der Waals surface area contributed by atoms with Crippen molar-refractivity contribution in [3.05, 3.63) is 35.9 Å². The zero-order chi connectivity index (χ0) is 15.2. The number of rotatable bonds is 12. The molecule has 0 aliphatic heterocycles. The molecule has 1 rings (SSSR count). The summed E-state index contributed by atoms with van der Waals surface area (Å²) in [7, 11) is 0. The first-order chi connectivity index (χ1) is 10.3. The van der Waals surface area contributed by atoms with Crippen molar-refractivity contribution in [1.29, 1.82) is 0 Å². The predicted octanol–water partition coefficient (Wildman–Crippen LogP) is 5.56. The van der Waals surface area contributed by atoms with Gasteiger partial charge in [0.2, 0.25) is 0 Å². The van der Waals surface area contributed by atoms with E-state index < -0.39 is 0 Å². The van der Waals surface area contributed by atoms with Crippen LogP contribution in [-0.4, -0.2) is 12.6 Å². The molecule has 2 nitrogen and oxygen atoms in total. The van der Waals surface area contributed by atoms with Gasteiger partial charge in [-0.25, -0.2) is 4.79 Å². The summed E-state index contributed by atoms with van der Waals surface area (Å²) in [5.41, 5.74) is 0.612. The van der Waals surface area contributed by atoms with Crippen molar-refractivity contribution < 1.29 is 9.53 Å². The lowest BCUT2D eigenvalue weighted by atomic mass is 10.1. The average molecular weight is 289 g/mol. The molecule has 117 valence electrons. The van der Waals surface area contributed by atoms with E-state index >= 15 is 0 Å². The zero-order valence-electron chi connectivity index (χ0n) is 13.4. The Bertz CT molecular complexity index is 359. The first-order valence-corrected chi connectivity index (χ1v) is 8.48. The number of ether oxygens (including phenoxy) is 1. The first-order valence-electron chi connectivity index (χ1n) is 8.48. The molecule has 0 aliphatic rings. The van der Waals surface area contributed by atoms with Crippen molar-refractivity contribution in [2.75, 3.05) is 6.61 Å². The van der Waals surface area contributed by atoms with Gasteiger partial charge in [0.05, 0.1) is 12.2 Å². The molecule has 0 fully saturated rings. The Hall–Kier alpha value is -1.31. The van der Waals surface area contributed by atoms with Crippen molar-refractivity contribution >= 4 is 5.97 Å². The van der Waals surface area contributed by atoms with Crippen molar-refractivity contribution in [3.8, 4) is 0 Å². The van der Waals surface area contributed by atoms with Gasteiger partial charge in [-0.05, 0) is 24.6 Å². The second-order valence-electron chi connectivity index (χ2n) is 5.61. The Labute approximate surface area is 129 Å². The van der Waals surface area contributed by atoms with Gasteiger partial charge in [0, 0.05) is 0 Å². The minimum Gasteiger partial charge on any atom is -0.462 e. The van der Waals surface area contributed by atoms with Crippen LogP contribution in [0.3, 0.4) is 0 Å². The van der Waals surface area contributed by atoms with E-state index in [1.807, 2.05) is 0 Å². The number of benzene rings is 1. The fourth-order valence-electron chi connectivity index (χ4n) is 2.36. The maximum absolute atomic E-state index is 11.7. The summed E-state index contributed by atoms with van der Waals surface area (Å²) < 4.78 is 5.25. The van der Waals surface area contributed by atoms with Crippen molar-refractivity contribution in [1.82, 2.24) is 0 Å². The predicted molar refractivity (Wildman–Crippen MR) is 87.4 cm³/mol. The van der Waals surface area contributed by atoms with E-state index in [1.165, 1.54) is 51.4 Å². The molecule has 1 radical (unpaired) electrons. The summed E-state index contributed by atoms with van der Waals surface area (Å²) in [4.78, 5) is 11.7. The summed E-state index contributed by atoms with van der Waals surface area (Å²) in [6, 6.07) is 9.83. The van der Waals surface area contributed by atoms with E-state index in [0.29, 0.717) is 12.2 Å². The van der Waals surface area contributed by atoms with Gasteiger partial charge in [-0.15, -0.1) is 0 Å². The molecule has 0 amide bonds. The van der Waals surface area contributed by atoms with E-state index in [1.54, 1.807) is 24.3 Å². The molecule has 0 saturated heterocycles. The van der Waals surface area contributed by atoms with Gasteiger partial charge in [0.1, 0.15) is 0 Å². The molecule has 0 aromatic heterocycles. The summed E-state index contributed by atoms with van der Waals surface area (Å²) in [5, 5.41) is 0. The molecular weight excluding hydrogens is 260 g/mol. The van der Waals surface area contributed by atoms with Crippen molar-refractivity contribution in [2.45, 2.75) is 71.1 Å². The van der Waals surface area contributed by atoms with Crippen LogP contribution in [0.15, 0.2) is 24.3 Å². The minimum absolute atomic E-state index is 0.222. The third-order valence-electron chi connectivity index (χ3n) is 3.68. The summed E-state index contributed by atoms with van der Waals surface area (Å²) in [5.74, 6) is -0.222. The van der Waals surface area contributed by atoms with Crippen LogP contribution in [0.2, 0.25) is 0 Å². The molecule has 0 aliphatic carbocycles. The summed E-state index contributed by atoms with van der Waals surface area (Å²) >= 11 is 0. The number of unbranched alkanes of at least 4 members (excludes halogenated alkanes) is 9. The standard InChI is InChI=1S/C19H29O2/c1-2-3-4-5-6-7-8-9-10-14-17-21-19(20)18-15-12-11-13-16-18/h12-13,15-16H,2-10,14,17H2,1H3. The number of carbonyl (C=O) groups is 1. The smallest absolute Gasteiger partial charge is 0.338 e. The molecule has 1 aromatic rings. The number of esters is 1. The maximum atomic E-state index is 11.7. The van der Waals surface area contributed by atoms with E-state index in [2.05, 4.69) is 13.0 Å². The van der Waals surface area contributed by atoms with Gasteiger partial charge < -0.3 is 4.74 Å². The van der Waals surface area contributed by atoms with Crippen LogP contribution in [0.1, 0.15) is 81.5 Å². The van der Waals surface area contributed by atoms with E-state index in [0.717, 1.165) is 12.8 Å². The van der Waals surface area contributed by atoms with Crippen molar-refractivity contribution in [2.24, 2.45) is 0 Å². The van der Waals surface area contributed by atoms with Crippen molar-refractivity contribution in [3.63, 3.8) is 0 Å². The Morgan fingerprint density at radius 2 is 1.43 bits per heavy atom. The molecule has 0 heterocycles. The molecule has 0 unspecified atom stereocenters. The summed E-state index contributed by atoms with van der Waals surface area (Å²) in [6.07, 6.45) is 12.9. The highest BCUT2D eigenvalue weighted by Gasteiger charge is 2.04. The Kier molecular flexibility index (Phi) is 10.5. The average Bonchev–Trinajstić information content (AvgIpc) is 2.53. The molecule has 21 heavy (non-hydrogen) atoms.